The van der Waals surface area contributed by atoms with Gasteiger partial charge >= 0.3 is 12.0 Å². The molecule has 2 aromatic carbocycles. The first-order valence-electron chi connectivity index (χ1n) is 6.69. The molecule has 116 valence electrons. The summed E-state index contributed by atoms with van der Waals surface area (Å²) in [5, 5.41) is 8.59. The summed E-state index contributed by atoms with van der Waals surface area (Å²) in [6, 6.07) is 13.6. The minimum atomic E-state index is -1.06. The van der Waals surface area contributed by atoms with Crippen LogP contribution in [0.1, 0.15) is 15.9 Å². The number of nitrogens with zero attached hydrogens (tertiary/aromatic N) is 1. The van der Waals surface area contributed by atoms with E-state index in [4.69, 9.17) is 10.8 Å². The maximum atomic E-state index is 12.4. The van der Waals surface area contributed by atoms with Gasteiger partial charge in [-0.25, -0.2) is 14.5 Å². The maximum Gasteiger partial charge on any atom is 0.328 e. The fourth-order valence-electron chi connectivity index (χ4n) is 1.96. The smallest absolute Gasteiger partial charge is 0.328 e. The summed E-state index contributed by atoms with van der Waals surface area (Å²) in [4.78, 5) is 35.4. The van der Waals surface area contributed by atoms with E-state index in [1.54, 1.807) is 42.5 Å². The van der Waals surface area contributed by atoms with Crippen molar-refractivity contribution in [2.45, 2.75) is 0 Å². The average molecular weight is 310 g/mol. The Balaban J connectivity index is 2.30. The zero-order valence-electron chi connectivity index (χ0n) is 12.0. The number of rotatable bonds is 4. The van der Waals surface area contributed by atoms with Gasteiger partial charge in [0.15, 0.2) is 0 Å². The van der Waals surface area contributed by atoms with Crippen molar-refractivity contribution in [3.05, 3.63) is 71.8 Å². The highest BCUT2D eigenvalue weighted by atomic mass is 16.4. The number of carbonyl (C=O) groups is 3. The molecule has 3 amide bonds. The summed E-state index contributed by atoms with van der Waals surface area (Å²) in [6.07, 6.45) is 2.40. The van der Waals surface area contributed by atoms with Gasteiger partial charge in [0.25, 0.3) is 5.91 Å². The SMILES string of the molecule is NC(=O)N(C(=O)c1ccccc1)c1ccc(C=CC(=O)O)cc1. The lowest BCUT2D eigenvalue weighted by Crippen LogP contribution is -2.40. The van der Waals surface area contributed by atoms with E-state index in [-0.39, 0.29) is 0 Å². The molecule has 0 bridgehead atoms. The Kier molecular flexibility index (Phi) is 4.89. The molecule has 0 fully saturated rings. The lowest BCUT2D eigenvalue weighted by molar-refractivity contribution is -0.131. The normalized spacial score (nSPS) is 10.4. The molecule has 2 aromatic rings. The molecular formula is C17H14N2O4. The van der Waals surface area contributed by atoms with E-state index in [9.17, 15) is 14.4 Å². The Morgan fingerprint density at radius 3 is 2.09 bits per heavy atom. The number of benzene rings is 2. The monoisotopic (exact) mass is 310 g/mol. The van der Waals surface area contributed by atoms with Crippen molar-refractivity contribution in [2.24, 2.45) is 5.73 Å². The van der Waals surface area contributed by atoms with Crippen molar-refractivity contribution in [1.82, 2.24) is 0 Å². The second-order valence-corrected chi connectivity index (χ2v) is 4.61. The van der Waals surface area contributed by atoms with Crippen LogP contribution in [-0.2, 0) is 4.79 Å². The van der Waals surface area contributed by atoms with Crippen molar-refractivity contribution >= 4 is 29.7 Å². The number of hydrogen-bond donors (Lipinski definition) is 2. The predicted octanol–water partition coefficient (Wildman–Crippen LogP) is 2.51. The number of carbonyl (C=O) groups excluding carboxylic acids is 2. The highest BCUT2D eigenvalue weighted by molar-refractivity contribution is 6.20. The number of carboxylic acids is 1. The van der Waals surface area contributed by atoms with Crippen molar-refractivity contribution in [2.75, 3.05) is 4.90 Å². The molecule has 0 heterocycles. The van der Waals surface area contributed by atoms with Crippen LogP contribution in [0.2, 0.25) is 0 Å². The number of amides is 3. The first-order chi connectivity index (χ1) is 11.0. The van der Waals surface area contributed by atoms with E-state index in [0.717, 1.165) is 11.0 Å². The van der Waals surface area contributed by atoms with Crippen LogP contribution in [0, 0.1) is 0 Å². The number of aliphatic carboxylic acids is 1. The van der Waals surface area contributed by atoms with Crippen LogP contribution < -0.4 is 10.6 Å². The van der Waals surface area contributed by atoms with Gasteiger partial charge < -0.3 is 10.8 Å². The number of imide groups is 1. The molecule has 0 aliphatic rings. The molecule has 2 rings (SSSR count). The molecule has 6 heteroatoms. The van der Waals surface area contributed by atoms with E-state index in [1.165, 1.54) is 18.2 Å². The van der Waals surface area contributed by atoms with Gasteiger partial charge in [-0.1, -0.05) is 30.3 Å². The van der Waals surface area contributed by atoms with E-state index < -0.39 is 17.9 Å². The third-order valence-corrected chi connectivity index (χ3v) is 3.01. The lowest BCUT2D eigenvalue weighted by atomic mass is 10.1. The van der Waals surface area contributed by atoms with Crippen molar-refractivity contribution in [3.8, 4) is 0 Å². The van der Waals surface area contributed by atoms with Gasteiger partial charge in [-0.2, -0.15) is 0 Å². The molecular weight excluding hydrogens is 296 g/mol. The maximum absolute atomic E-state index is 12.4. The zero-order chi connectivity index (χ0) is 16.8. The lowest BCUT2D eigenvalue weighted by Gasteiger charge is -2.18. The Hall–Kier alpha value is -3.41. The summed E-state index contributed by atoms with van der Waals surface area (Å²) in [5.74, 6) is -1.60. The van der Waals surface area contributed by atoms with Crippen molar-refractivity contribution in [3.63, 3.8) is 0 Å². The molecule has 0 atom stereocenters. The summed E-state index contributed by atoms with van der Waals surface area (Å²) >= 11 is 0. The summed E-state index contributed by atoms with van der Waals surface area (Å²) in [5.41, 5.74) is 6.58. The number of nitrogens with two attached hydrogens (primary N) is 1. The van der Waals surface area contributed by atoms with Crippen molar-refractivity contribution in [1.29, 1.82) is 0 Å². The van der Waals surface area contributed by atoms with Gasteiger partial charge in [-0.3, -0.25) is 4.79 Å². The van der Waals surface area contributed by atoms with Crippen LogP contribution in [0.5, 0.6) is 0 Å². The molecule has 0 aromatic heterocycles. The fourth-order valence-corrected chi connectivity index (χ4v) is 1.96. The molecule has 23 heavy (non-hydrogen) atoms. The van der Waals surface area contributed by atoms with Gasteiger partial charge in [0.1, 0.15) is 0 Å². The number of urea groups is 1. The highest BCUT2D eigenvalue weighted by Crippen LogP contribution is 2.19. The number of hydrogen-bond acceptors (Lipinski definition) is 3. The van der Waals surface area contributed by atoms with E-state index in [1.807, 2.05) is 0 Å². The molecule has 0 unspecified atom stereocenters. The van der Waals surface area contributed by atoms with Gasteiger partial charge in [0.05, 0.1) is 5.69 Å². The van der Waals surface area contributed by atoms with Gasteiger partial charge in [-0.15, -0.1) is 0 Å². The van der Waals surface area contributed by atoms with Gasteiger partial charge in [0, 0.05) is 11.6 Å². The Labute approximate surface area is 132 Å². The third kappa shape index (κ3) is 4.04. The van der Waals surface area contributed by atoms with Gasteiger partial charge in [0.2, 0.25) is 0 Å². The van der Waals surface area contributed by atoms with E-state index in [0.29, 0.717) is 16.8 Å². The topological polar surface area (TPSA) is 101 Å². The number of anilines is 1. The van der Waals surface area contributed by atoms with Crippen LogP contribution in [0.25, 0.3) is 6.08 Å². The zero-order valence-corrected chi connectivity index (χ0v) is 12.0. The number of primary amides is 1. The molecule has 0 spiro atoms. The molecule has 0 radical (unpaired) electrons. The Morgan fingerprint density at radius 2 is 1.57 bits per heavy atom. The average Bonchev–Trinajstić information content (AvgIpc) is 2.54. The molecule has 0 aliphatic carbocycles. The van der Waals surface area contributed by atoms with Crippen LogP contribution in [0.4, 0.5) is 10.5 Å². The predicted molar refractivity (Wildman–Crippen MR) is 85.9 cm³/mol. The quantitative estimate of drug-likeness (QED) is 0.847. The minimum Gasteiger partial charge on any atom is -0.478 e. The summed E-state index contributed by atoms with van der Waals surface area (Å²) in [7, 11) is 0. The largest absolute Gasteiger partial charge is 0.478 e. The second-order valence-electron chi connectivity index (χ2n) is 4.61. The minimum absolute atomic E-state index is 0.304. The van der Waals surface area contributed by atoms with E-state index in [2.05, 4.69) is 0 Å². The van der Waals surface area contributed by atoms with Crippen LogP contribution in [0.15, 0.2) is 60.7 Å². The molecule has 6 nitrogen and oxygen atoms in total. The van der Waals surface area contributed by atoms with Crippen LogP contribution in [-0.4, -0.2) is 23.0 Å². The van der Waals surface area contributed by atoms with E-state index >= 15 is 0 Å². The Bertz CT molecular complexity index is 752. The standard InChI is InChI=1S/C17H14N2O4/c18-17(23)19(16(22)13-4-2-1-3-5-13)14-9-6-12(7-10-14)8-11-15(20)21/h1-11H,(H2,18,23)(H,20,21). The third-order valence-electron chi connectivity index (χ3n) is 3.01. The second kappa shape index (κ2) is 7.04. The van der Waals surface area contributed by atoms with Crippen molar-refractivity contribution < 1.29 is 19.5 Å². The molecule has 3 N–H and O–H groups in total. The highest BCUT2D eigenvalue weighted by Gasteiger charge is 2.22. The van der Waals surface area contributed by atoms with Crippen LogP contribution in [0.3, 0.4) is 0 Å². The van der Waals surface area contributed by atoms with Crippen LogP contribution >= 0.6 is 0 Å². The van der Waals surface area contributed by atoms with Gasteiger partial charge in [-0.05, 0) is 35.9 Å². The molecule has 0 aliphatic heterocycles. The number of carboxylic acid groups (broad SMARTS) is 1. The Morgan fingerprint density at radius 1 is 0.957 bits per heavy atom. The first-order valence-corrected chi connectivity index (χ1v) is 6.69. The fraction of sp³-hybridized carbons (Fsp3) is 0. The summed E-state index contributed by atoms with van der Waals surface area (Å²) < 4.78 is 0. The first kappa shape index (κ1) is 16.0. The summed E-state index contributed by atoms with van der Waals surface area (Å²) in [6.45, 7) is 0. The molecule has 0 saturated heterocycles. The molecule has 0 saturated carbocycles.